The zero-order valence-corrected chi connectivity index (χ0v) is 17.4. The summed E-state index contributed by atoms with van der Waals surface area (Å²) in [6.45, 7) is 2.30. The Morgan fingerprint density at radius 2 is 2.04 bits per heavy atom. The standard InChI is InChI=1S/C20H19ClN2O2S2/c1-13-9-16(5-8-18(13)21)25-11-20-23-15(12-27-20)10-19(24)22-14-3-6-17(26-2)7-4-14/h3-9,12H,10-11H2,1-2H3,(H,22,24). The van der Waals surface area contributed by atoms with Crippen molar-refractivity contribution in [3.05, 3.63) is 69.1 Å². The van der Waals surface area contributed by atoms with Gasteiger partial charge in [0.05, 0.1) is 12.1 Å². The molecule has 0 saturated heterocycles. The summed E-state index contributed by atoms with van der Waals surface area (Å²) in [6, 6.07) is 13.3. The molecule has 3 aromatic rings. The number of rotatable bonds is 7. The predicted octanol–water partition coefficient (Wildman–Crippen LogP) is 5.59. The van der Waals surface area contributed by atoms with Crippen LogP contribution in [0.2, 0.25) is 5.02 Å². The van der Waals surface area contributed by atoms with Gasteiger partial charge >= 0.3 is 0 Å². The lowest BCUT2D eigenvalue weighted by atomic mass is 10.2. The molecule has 1 N–H and O–H groups in total. The second-order valence-electron chi connectivity index (χ2n) is 5.89. The minimum Gasteiger partial charge on any atom is -0.486 e. The maximum atomic E-state index is 12.2. The van der Waals surface area contributed by atoms with E-state index in [2.05, 4.69) is 10.3 Å². The van der Waals surface area contributed by atoms with Crippen molar-refractivity contribution in [2.75, 3.05) is 11.6 Å². The predicted molar refractivity (Wildman–Crippen MR) is 113 cm³/mol. The number of nitrogens with zero attached hydrogens (tertiary/aromatic N) is 1. The fourth-order valence-corrected chi connectivity index (χ4v) is 3.62. The summed E-state index contributed by atoms with van der Waals surface area (Å²) in [7, 11) is 0. The molecule has 1 aromatic heterocycles. The van der Waals surface area contributed by atoms with Crippen LogP contribution < -0.4 is 10.1 Å². The van der Waals surface area contributed by atoms with Crippen molar-refractivity contribution < 1.29 is 9.53 Å². The van der Waals surface area contributed by atoms with Crippen molar-refractivity contribution >= 4 is 46.3 Å². The van der Waals surface area contributed by atoms with E-state index < -0.39 is 0 Å². The van der Waals surface area contributed by atoms with E-state index in [1.807, 2.05) is 61.0 Å². The number of benzene rings is 2. The third kappa shape index (κ3) is 5.73. The highest BCUT2D eigenvalue weighted by atomic mass is 35.5. The molecule has 0 spiro atoms. The molecule has 1 amide bonds. The van der Waals surface area contributed by atoms with E-state index >= 15 is 0 Å². The van der Waals surface area contributed by atoms with Crippen LogP contribution in [0, 0.1) is 6.92 Å². The summed E-state index contributed by atoms with van der Waals surface area (Å²) in [4.78, 5) is 17.8. The van der Waals surface area contributed by atoms with Gasteiger partial charge in [0.1, 0.15) is 17.4 Å². The average molecular weight is 419 g/mol. The molecule has 27 heavy (non-hydrogen) atoms. The molecule has 0 fully saturated rings. The van der Waals surface area contributed by atoms with E-state index in [9.17, 15) is 4.79 Å². The number of hydrogen-bond acceptors (Lipinski definition) is 5. The Balaban J connectivity index is 1.52. The van der Waals surface area contributed by atoms with E-state index in [0.717, 1.165) is 32.6 Å². The number of nitrogens with one attached hydrogen (secondary N) is 1. The molecule has 7 heteroatoms. The van der Waals surface area contributed by atoms with Crippen LogP contribution in [0.3, 0.4) is 0 Å². The number of halogens is 1. The number of ether oxygens (including phenoxy) is 1. The Morgan fingerprint density at radius 3 is 2.74 bits per heavy atom. The van der Waals surface area contributed by atoms with Gasteiger partial charge in [-0.05, 0) is 61.2 Å². The third-order valence-electron chi connectivity index (χ3n) is 3.81. The summed E-state index contributed by atoms with van der Waals surface area (Å²) >= 11 is 9.17. The SMILES string of the molecule is CSc1ccc(NC(=O)Cc2csc(COc3ccc(Cl)c(C)c3)n2)cc1. The molecule has 0 aliphatic heterocycles. The molecule has 0 atom stereocenters. The van der Waals surface area contributed by atoms with Gasteiger partial charge in [-0.2, -0.15) is 0 Å². The Bertz CT molecular complexity index is 926. The number of amides is 1. The van der Waals surface area contributed by atoms with Crippen molar-refractivity contribution in [2.24, 2.45) is 0 Å². The Kier molecular flexibility index (Phi) is 6.77. The van der Waals surface area contributed by atoms with Gasteiger partial charge in [-0.3, -0.25) is 4.79 Å². The molecule has 1 heterocycles. The van der Waals surface area contributed by atoms with Crippen LogP contribution in [-0.4, -0.2) is 17.1 Å². The summed E-state index contributed by atoms with van der Waals surface area (Å²) in [5, 5.41) is 6.33. The lowest BCUT2D eigenvalue weighted by Crippen LogP contribution is -2.14. The molecule has 0 radical (unpaired) electrons. The summed E-state index contributed by atoms with van der Waals surface area (Å²) in [6.07, 6.45) is 2.26. The molecule has 2 aromatic carbocycles. The fourth-order valence-electron chi connectivity index (χ4n) is 2.39. The topological polar surface area (TPSA) is 51.2 Å². The van der Waals surface area contributed by atoms with Gasteiger partial charge in [0.15, 0.2) is 0 Å². The van der Waals surface area contributed by atoms with Gasteiger partial charge in [0.25, 0.3) is 0 Å². The van der Waals surface area contributed by atoms with Gasteiger partial charge in [-0.1, -0.05) is 11.6 Å². The Morgan fingerprint density at radius 1 is 1.26 bits per heavy atom. The summed E-state index contributed by atoms with van der Waals surface area (Å²) in [5.41, 5.74) is 2.50. The van der Waals surface area contributed by atoms with Gasteiger partial charge in [-0.25, -0.2) is 4.98 Å². The first-order valence-corrected chi connectivity index (χ1v) is 10.8. The smallest absolute Gasteiger partial charge is 0.230 e. The van der Waals surface area contributed by atoms with Crippen LogP contribution in [0.5, 0.6) is 5.75 Å². The second kappa shape index (κ2) is 9.26. The number of hydrogen-bond donors (Lipinski definition) is 1. The highest BCUT2D eigenvalue weighted by molar-refractivity contribution is 7.98. The van der Waals surface area contributed by atoms with Gasteiger partial charge in [0.2, 0.25) is 5.91 Å². The van der Waals surface area contributed by atoms with Crippen LogP contribution in [-0.2, 0) is 17.8 Å². The van der Waals surface area contributed by atoms with Crippen molar-refractivity contribution in [1.29, 1.82) is 0 Å². The first-order chi connectivity index (χ1) is 13.0. The fraction of sp³-hybridized carbons (Fsp3) is 0.200. The number of aromatic nitrogens is 1. The first kappa shape index (κ1) is 19.7. The highest BCUT2D eigenvalue weighted by Crippen LogP contribution is 2.22. The van der Waals surface area contributed by atoms with Crippen LogP contribution in [0.1, 0.15) is 16.3 Å². The monoisotopic (exact) mass is 418 g/mol. The van der Waals surface area contributed by atoms with E-state index in [-0.39, 0.29) is 12.3 Å². The zero-order valence-electron chi connectivity index (χ0n) is 15.0. The normalized spacial score (nSPS) is 10.6. The van der Waals surface area contributed by atoms with Gasteiger partial charge in [-0.15, -0.1) is 23.1 Å². The summed E-state index contributed by atoms with van der Waals surface area (Å²) in [5.74, 6) is 0.665. The number of carbonyl (C=O) groups excluding carboxylic acids is 1. The molecule has 4 nitrogen and oxygen atoms in total. The molecular formula is C20H19ClN2O2S2. The van der Waals surface area contributed by atoms with Crippen LogP contribution in [0.4, 0.5) is 5.69 Å². The lowest BCUT2D eigenvalue weighted by molar-refractivity contribution is -0.115. The highest BCUT2D eigenvalue weighted by Gasteiger charge is 2.09. The molecule has 0 bridgehead atoms. The molecule has 140 valence electrons. The second-order valence-corrected chi connectivity index (χ2v) is 8.12. The molecule has 0 unspecified atom stereocenters. The number of anilines is 1. The van der Waals surface area contributed by atoms with Crippen molar-refractivity contribution in [3.63, 3.8) is 0 Å². The number of aryl methyl sites for hydroxylation is 1. The molecule has 0 aliphatic carbocycles. The molecule has 0 aliphatic rings. The maximum Gasteiger partial charge on any atom is 0.230 e. The quantitative estimate of drug-likeness (QED) is 0.508. The third-order valence-corrected chi connectivity index (χ3v) is 5.85. The number of thiazole rings is 1. The zero-order chi connectivity index (χ0) is 19.2. The number of thioether (sulfide) groups is 1. The minimum atomic E-state index is -0.0852. The van der Waals surface area contributed by atoms with Crippen molar-refractivity contribution in [2.45, 2.75) is 24.8 Å². The van der Waals surface area contributed by atoms with Crippen molar-refractivity contribution in [1.82, 2.24) is 4.98 Å². The molecule has 0 saturated carbocycles. The van der Waals surface area contributed by atoms with Gasteiger partial charge < -0.3 is 10.1 Å². The van der Waals surface area contributed by atoms with Crippen LogP contribution in [0.15, 0.2) is 52.7 Å². The van der Waals surface area contributed by atoms with Crippen LogP contribution in [0.25, 0.3) is 0 Å². The average Bonchev–Trinajstić information content (AvgIpc) is 3.10. The minimum absolute atomic E-state index is 0.0852. The van der Waals surface area contributed by atoms with E-state index in [1.54, 1.807) is 11.8 Å². The van der Waals surface area contributed by atoms with Crippen LogP contribution >= 0.6 is 34.7 Å². The summed E-state index contributed by atoms with van der Waals surface area (Å²) < 4.78 is 5.75. The molecule has 3 rings (SSSR count). The van der Waals surface area contributed by atoms with E-state index in [4.69, 9.17) is 16.3 Å². The largest absolute Gasteiger partial charge is 0.486 e. The Hall–Kier alpha value is -2.02. The van der Waals surface area contributed by atoms with E-state index in [0.29, 0.717) is 11.6 Å². The lowest BCUT2D eigenvalue weighted by Gasteiger charge is -2.06. The number of carbonyl (C=O) groups is 1. The molecular weight excluding hydrogens is 400 g/mol. The Labute approximate surface area is 171 Å². The van der Waals surface area contributed by atoms with E-state index in [1.165, 1.54) is 11.3 Å². The first-order valence-electron chi connectivity index (χ1n) is 8.29. The van der Waals surface area contributed by atoms with Crippen molar-refractivity contribution in [3.8, 4) is 5.75 Å². The maximum absolute atomic E-state index is 12.2. The van der Waals surface area contributed by atoms with Gasteiger partial charge in [0, 0.05) is 21.0 Å².